The molecule has 1 aliphatic heterocycles. The molecule has 7 heteroatoms. The van der Waals surface area contributed by atoms with Gasteiger partial charge in [0.1, 0.15) is 15.5 Å². The molecular weight excluding hydrogens is 290 g/mol. The van der Waals surface area contributed by atoms with Crippen LogP contribution in [0.15, 0.2) is 24.4 Å². The van der Waals surface area contributed by atoms with Crippen molar-refractivity contribution < 1.29 is 13.2 Å². The largest absolute Gasteiger partial charge is 0.342 e. The number of rotatable bonds is 3. The Labute approximate surface area is 123 Å². The van der Waals surface area contributed by atoms with E-state index in [4.69, 9.17) is 0 Å². The lowest BCUT2D eigenvalue weighted by molar-refractivity contribution is 0.112. The molecule has 0 spiro atoms. The minimum atomic E-state index is -2.98. The number of carbonyl (C=O) groups excluding carboxylic acids is 1. The molecule has 0 N–H and O–H groups in total. The number of imidazole rings is 1. The second kappa shape index (κ2) is 5.14. The van der Waals surface area contributed by atoms with E-state index in [2.05, 4.69) is 4.98 Å². The summed E-state index contributed by atoms with van der Waals surface area (Å²) < 4.78 is 25.1. The van der Waals surface area contributed by atoms with Gasteiger partial charge in [0.15, 0.2) is 6.29 Å². The van der Waals surface area contributed by atoms with Gasteiger partial charge in [0.05, 0.1) is 10.8 Å². The second-order valence-corrected chi connectivity index (χ2v) is 7.71. The fourth-order valence-corrected chi connectivity index (χ4v) is 3.91. The highest BCUT2D eigenvalue weighted by Gasteiger charge is 2.28. The lowest BCUT2D eigenvalue weighted by atomic mass is 10.1. The number of hydrogen-bond donors (Lipinski definition) is 0. The number of piperidine rings is 1. The molecule has 3 heterocycles. The standard InChI is InChI=1S/C14H17N3O3S/c1-21(19,20)11-5-8-16(9-6-11)14-15-12(10-18)13-4-2-3-7-17(13)14/h2-4,7,10-11H,5-6,8-9H2,1H3. The minimum absolute atomic E-state index is 0.273. The van der Waals surface area contributed by atoms with Crippen molar-refractivity contribution in [2.45, 2.75) is 18.1 Å². The van der Waals surface area contributed by atoms with Crippen LogP contribution < -0.4 is 4.90 Å². The van der Waals surface area contributed by atoms with Gasteiger partial charge in [-0.3, -0.25) is 9.20 Å². The monoisotopic (exact) mass is 307 g/mol. The first kappa shape index (κ1) is 14.1. The summed E-state index contributed by atoms with van der Waals surface area (Å²) >= 11 is 0. The average Bonchev–Trinajstić information content (AvgIpc) is 2.85. The molecule has 2 aromatic heterocycles. The van der Waals surface area contributed by atoms with Crippen LogP contribution in [0, 0.1) is 0 Å². The van der Waals surface area contributed by atoms with E-state index in [0.29, 0.717) is 37.6 Å². The summed E-state index contributed by atoms with van der Waals surface area (Å²) in [5, 5.41) is -0.273. The zero-order valence-electron chi connectivity index (χ0n) is 11.8. The maximum absolute atomic E-state index is 11.6. The molecule has 2 aromatic rings. The topological polar surface area (TPSA) is 71.8 Å². The smallest absolute Gasteiger partial charge is 0.210 e. The molecule has 3 rings (SSSR count). The predicted molar refractivity (Wildman–Crippen MR) is 80.7 cm³/mol. The average molecular weight is 307 g/mol. The van der Waals surface area contributed by atoms with Crippen LogP contribution in [-0.4, -0.2) is 48.7 Å². The van der Waals surface area contributed by atoms with Crippen LogP contribution in [0.25, 0.3) is 5.52 Å². The summed E-state index contributed by atoms with van der Waals surface area (Å²) in [5.41, 5.74) is 1.18. The number of sulfone groups is 1. The Morgan fingerprint density at radius 1 is 1.29 bits per heavy atom. The summed E-state index contributed by atoms with van der Waals surface area (Å²) in [6.45, 7) is 1.26. The second-order valence-electron chi connectivity index (χ2n) is 5.39. The number of anilines is 1. The fourth-order valence-electron chi connectivity index (χ4n) is 2.84. The minimum Gasteiger partial charge on any atom is -0.342 e. The lowest BCUT2D eigenvalue weighted by Crippen LogP contribution is -2.39. The summed E-state index contributed by atoms with van der Waals surface area (Å²) in [6.07, 6.45) is 5.10. The Bertz CT molecular complexity index is 774. The molecule has 0 radical (unpaired) electrons. The zero-order valence-corrected chi connectivity index (χ0v) is 12.6. The van der Waals surface area contributed by atoms with Crippen molar-refractivity contribution in [1.29, 1.82) is 0 Å². The summed E-state index contributed by atoms with van der Waals surface area (Å²) in [7, 11) is -2.98. The number of aldehydes is 1. The zero-order chi connectivity index (χ0) is 15.0. The van der Waals surface area contributed by atoms with Gasteiger partial charge in [-0.15, -0.1) is 0 Å². The normalized spacial score (nSPS) is 17.3. The molecule has 1 aliphatic rings. The van der Waals surface area contributed by atoms with Gasteiger partial charge in [0, 0.05) is 25.5 Å². The van der Waals surface area contributed by atoms with Gasteiger partial charge < -0.3 is 4.90 Å². The van der Waals surface area contributed by atoms with Crippen molar-refractivity contribution in [2.75, 3.05) is 24.2 Å². The lowest BCUT2D eigenvalue weighted by Gasteiger charge is -2.31. The number of carbonyl (C=O) groups is 1. The Balaban J connectivity index is 1.91. The van der Waals surface area contributed by atoms with E-state index in [9.17, 15) is 13.2 Å². The van der Waals surface area contributed by atoms with Gasteiger partial charge in [0.25, 0.3) is 0 Å². The molecule has 0 aliphatic carbocycles. The molecule has 0 unspecified atom stereocenters. The van der Waals surface area contributed by atoms with Crippen LogP contribution in [0.3, 0.4) is 0 Å². The molecule has 1 saturated heterocycles. The summed E-state index contributed by atoms with van der Waals surface area (Å²) in [4.78, 5) is 17.6. The van der Waals surface area contributed by atoms with Gasteiger partial charge in [-0.25, -0.2) is 13.4 Å². The van der Waals surface area contributed by atoms with Crippen LogP contribution >= 0.6 is 0 Å². The fraction of sp³-hybridized carbons (Fsp3) is 0.429. The molecule has 6 nitrogen and oxygen atoms in total. The van der Waals surface area contributed by atoms with E-state index in [1.807, 2.05) is 33.7 Å². The molecule has 112 valence electrons. The van der Waals surface area contributed by atoms with E-state index in [1.165, 1.54) is 6.26 Å². The van der Waals surface area contributed by atoms with E-state index < -0.39 is 9.84 Å². The molecule has 1 fully saturated rings. The Morgan fingerprint density at radius 2 is 2.00 bits per heavy atom. The van der Waals surface area contributed by atoms with Gasteiger partial charge in [-0.05, 0) is 25.0 Å². The first-order valence-electron chi connectivity index (χ1n) is 6.87. The van der Waals surface area contributed by atoms with Crippen molar-refractivity contribution >= 4 is 27.6 Å². The van der Waals surface area contributed by atoms with Crippen molar-refractivity contribution in [3.05, 3.63) is 30.1 Å². The maximum atomic E-state index is 11.6. The van der Waals surface area contributed by atoms with E-state index in [1.54, 1.807) is 0 Å². The third-order valence-electron chi connectivity index (χ3n) is 4.00. The Morgan fingerprint density at radius 3 is 2.62 bits per heavy atom. The van der Waals surface area contributed by atoms with E-state index >= 15 is 0 Å². The van der Waals surface area contributed by atoms with E-state index in [-0.39, 0.29) is 5.25 Å². The van der Waals surface area contributed by atoms with Crippen LogP contribution in [-0.2, 0) is 9.84 Å². The first-order chi connectivity index (χ1) is 10.0. The summed E-state index contributed by atoms with van der Waals surface area (Å²) in [6, 6.07) is 5.60. The van der Waals surface area contributed by atoms with Crippen molar-refractivity contribution in [3.8, 4) is 0 Å². The summed E-state index contributed by atoms with van der Waals surface area (Å²) in [5.74, 6) is 0.708. The first-order valence-corrected chi connectivity index (χ1v) is 8.82. The Kier molecular flexibility index (Phi) is 3.44. The molecular formula is C14H17N3O3S. The highest BCUT2D eigenvalue weighted by Crippen LogP contribution is 2.24. The van der Waals surface area contributed by atoms with Gasteiger partial charge in [0.2, 0.25) is 5.95 Å². The van der Waals surface area contributed by atoms with Crippen molar-refractivity contribution in [3.63, 3.8) is 0 Å². The molecule has 21 heavy (non-hydrogen) atoms. The van der Waals surface area contributed by atoms with E-state index in [0.717, 1.165) is 11.8 Å². The third kappa shape index (κ3) is 2.53. The van der Waals surface area contributed by atoms with Gasteiger partial charge in [-0.1, -0.05) is 6.07 Å². The van der Waals surface area contributed by atoms with Crippen LogP contribution in [0.1, 0.15) is 23.3 Å². The third-order valence-corrected chi connectivity index (χ3v) is 5.68. The number of fused-ring (bicyclic) bond motifs is 1. The molecule has 0 atom stereocenters. The van der Waals surface area contributed by atoms with Gasteiger partial charge >= 0.3 is 0 Å². The molecule has 0 amide bonds. The number of nitrogens with zero attached hydrogens (tertiary/aromatic N) is 3. The molecule has 0 saturated carbocycles. The molecule has 0 aromatic carbocycles. The number of aromatic nitrogens is 2. The highest BCUT2D eigenvalue weighted by atomic mass is 32.2. The predicted octanol–water partition coefficient (Wildman–Crippen LogP) is 1.16. The van der Waals surface area contributed by atoms with Crippen LogP contribution in [0.4, 0.5) is 5.95 Å². The van der Waals surface area contributed by atoms with Crippen molar-refractivity contribution in [2.24, 2.45) is 0 Å². The quantitative estimate of drug-likeness (QED) is 0.796. The Hall–Kier alpha value is -1.89. The van der Waals surface area contributed by atoms with Crippen LogP contribution in [0.2, 0.25) is 0 Å². The SMILES string of the molecule is CS(=O)(=O)C1CCN(c2nc(C=O)c3ccccn23)CC1. The van der Waals surface area contributed by atoms with Crippen LogP contribution in [0.5, 0.6) is 0 Å². The molecule has 0 bridgehead atoms. The maximum Gasteiger partial charge on any atom is 0.210 e. The van der Waals surface area contributed by atoms with Gasteiger partial charge in [-0.2, -0.15) is 0 Å². The number of pyridine rings is 1. The van der Waals surface area contributed by atoms with Crippen molar-refractivity contribution in [1.82, 2.24) is 9.38 Å². The number of hydrogen-bond acceptors (Lipinski definition) is 5. The highest BCUT2D eigenvalue weighted by molar-refractivity contribution is 7.91.